The Balaban J connectivity index is 0.00000192. The van der Waals surface area contributed by atoms with Crippen molar-refractivity contribution in [1.29, 1.82) is 0 Å². The molecule has 1 saturated heterocycles. The van der Waals surface area contributed by atoms with Crippen molar-refractivity contribution in [3.8, 4) is 5.75 Å². The second-order valence-corrected chi connectivity index (χ2v) is 7.26. The zero-order chi connectivity index (χ0) is 15.6. The molecule has 0 saturated carbocycles. The van der Waals surface area contributed by atoms with E-state index in [2.05, 4.69) is 24.8 Å². The number of carbonyl (C=O) groups excluding carboxylic acids is 1. The molecule has 23 heavy (non-hydrogen) atoms. The van der Waals surface area contributed by atoms with E-state index < -0.39 is 0 Å². The van der Waals surface area contributed by atoms with Gasteiger partial charge >= 0.3 is 0 Å². The quantitative estimate of drug-likeness (QED) is 0.751. The van der Waals surface area contributed by atoms with E-state index in [1.807, 2.05) is 12.1 Å². The van der Waals surface area contributed by atoms with Crippen LogP contribution in [0.5, 0.6) is 5.75 Å². The van der Waals surface area contributed by atoms with Crippen LogP contribution in [0.1, 0.15) is 61.9 Å². The number of nitrogens with zero attached hydrogens (tertiary/aromatic N) is 1. The maximum absolute atomic E-state index is 12.6. The molecular weight excluding hydrogens is 310 g/mol. The van der Waals surface area contributed by atoms with Gasteiger partial charge in [-0.1, -0.05) is 18.6 Å². The molecule has 2 aliphatic heterocycles. The number of likely N-dealkylation sites (tertiary alicyclic amines) is 1. The van der Waals surface area contributed by atoms with Gasteiger partial charge in [0, 0.05) is 12.8 Å². The van der Waals surface area contributed by atoms with Crippen LogP contribution in [0.25, 0.3) is 0 Å². The van der Waals surface area contributed by atoms with E-state index in [1.165, 1.54) is 37.9 Å². The topological polar surface area (TPSA) is 29.5 Å². The molecule has 0 aromatic heterocycles. The lowest BCUT2D eigenvalue weighted by atomic mass is 9.98. The van der Waals surface area contributed by atoms with Gasteiger partial charge in [0.1, 0.15) is 11.4 Å². The van der Waals surface area contributed by atoms with Crippen LogP contribution >= 0.6 is 12.4 Å². The zero-order valence-electron chi connectivity index (χ0n) is 14.3. The molecule has 4 heteroatoms. The lowest BCUT2D eigenvalue weighted by Gasteiger charge is -2.26. The first kappa shape index (κ1) is 18.3. The summed E-state index contributed by atoms with van der Waals surface area (Å²) < 4.78 is 6.01. The van der Waals surface area contributed by atoms with Crippen molar-refractivity contribution >= 4 is 18.2 Å². The Hall–Kier alpha value is -1.06. The lowest BCUT2D eigenvalue weighted by Crippen LogP contribution is -2.30. The van der Waals surface area contributed by atoms with Gasteiger partial charge in [0.25, 0.3) is 0 Å². The van der Waals surface area contributed by atoms with Crippen LogP contribution in [0.3, 0.4) is 0 Å². The largest absolute Gasteiger partial charge is 0.486 e. The Morgan fingerprint density at radius 3 is 2.70 bits per heavy atom. The Labute approximate surface area is 145 Å². The summed E-state index contributed by atoms with van der Waals surface area (Å²) in [7, 11) is 0. The molecule has 0 amide bonds. The smallest absolute Gasteiger partial charge is 0.166 e. The summed E-state index contributed by atoms with van der Waals surface area (Å²) in [6.07, 6.45) is 6.44. The summed E-state index contributed by atoms with van der Waals surface area (Å²) in [6, 6.07) is 5.99. The zero-order valence-corrected chi connectivity index (χ0v) is 15.1. The van der Waals surface area contributed by atoms with Crippen molar-refractivity contribution in [2.75, 3.05) is 19.6 Å². The number of ether oxygens (including phenoxy) is 1. The molecule has 2 heterocycles. The first-order valence-corrected chi connectivity index (χ1v) is 8.62. The van der Waals surface area contributed by atoms with Crippen LogP contribution < -0.4 is 4.74 Å². The van der Waals surface area contributed by atoms with Gasteiger partial charge in [-0.15, -0.1) is 12.4 Å². The number of carbonyl (C=O) groups is 1. The maximum atomic E-state index is 12.6. The van der Waals surface area contributed by atoms with Crippen molar-refractivity contribution in [3.63, 3.8) is 0 Å². The summed E-state index contributed by atoms with van der Waals surface area (Å²) in [4.78, 5) is 15.1. The Morgan fingerprint density at radius 2 is 1.96 bits per heavy atom. The van der Waals surface area contributed by atoms with Crippen LogP contribution in [-0.2, 0) is 6.42 Å². The van der Waals surface area contributed by atoms with E-state index in [4.69, 9.17) is 4.74 Å². The standard InChI is InChI=1S/C19H27NO2.ClH/c1-19(2)14-15-8-6-9-16(18(15)22-19)17(21)10-7-13-20-11-4-3-5-12-20;/h6,8-9H,3-5,7,10-14H2,1-2H3;1H. The average Bonchev–Trinajstić information content (AvgIpc) is 2.81. The maximum Gasteiger partial charge on any atom is 0.166 e. The Kier molecular flexibility index (Phi) is 6.10. The van der Waals surface area contributed by atoms with Gasteiger partial charge in [-0.3, -0.25) is 4.79 Å². The van der Waals surface area contributed by atoms with Crippen LogP contribution in [0, 0.1) is 0 Å². The second kappa shape index (κ2) is 7.67. The minimum absolute atomic E-state index is 0. The number of ketones is 1. The summed E-state index contributed by atoms with van der Waals surface area (Å²) in [5, 5.41) is 0. The molecule has 0 aliphatic carbocycles. The number of halogens is 1. The van der Waals surface area contributed by atoms with Crippen LogP contribution in [-0.4, -0.2) is 35.9 Å². The number of Topliss-reactive ketones (excluding diaryl/α,β-unsaturated/α-hetero) is 1. The molecule has 1 aromatic carbocycles. The van der Waals surface area contributed by atoms with Gasteiger partial charge in [-0.05, 0) is 64.4 Å². The molecule has 0 unspecified atom stereocenters. The summed E-state index contributed by atoms with van der Waals surface area (Å²) in [5.74, 6) is 1.06. The molecule has 0 N–H and O–H groups in total. The van der Waals surface area contributed by atoms with Gasteiger partial charge in [-0.25, -0.2) is 0 Å². The number of para-hydroxylation sites is 1. The number of fused-ring (bicyclic) bond motifs is 1. The fourth-order valence-electron chi connectivity index (χ4n) is 3.62. The van der Waals surface area contributed by atoms with Crippen molar-refractivity contribution in [3.05, 3.63) is 29.3 Å². The highest BCUT2D eigenvalue weighted by Crippen LogP contribution is 2.38. The Morgan fingerprint density at radius 1 is 1.22 bits per heavy atom. The molecule has 3 rings (SSSR count). The SMILES string of the molecule is CC1(C)Cc2cccc(C(=O)CCCN3CCCCC3)c2O1.Cl. The number of rotatable bonds is 5. The molecule has 0 bridgehead atoms. The third-order valence-corrected chi connectivity index (χ3v) is 4.72. The normalized spacial score (nSPS) is 19.6. The highest BCUT2D eigenvalue weighted by molar-refractivity contribution is 5.99. The number of benzene rings is 1. The van der Waals surface area contributed by atoms with E-state index in [0.29, 0.717) is 6.42 Å². The lowest BCUT2D eigenvalue weighted by molar-refractivity contribution is 0.0959. The molecule has 0 atom stereocenters. The molecule has 0 radical (unpaired) electrons. The molecule has 0 spiro atoms. The van der Waals surface area contributed by atoms with Crippen molar-refractivity contribution in [2.24, 2.45) is 0 Å². The third kappa shape index (κ3) is 4.48. The molecule has 2 aliphatic rings. The number of hydrogen-bond donors (Lipinski definition) is 0. The predicted molar refractivity (Wildman–Crippen MR) is 96.0 cm³/mol. The number of hydrogen-bond acceptors (Lipinski definition) is 3. The fraction of sp³-hybridized carbons (Fsp3) is 0.632. The van der Waals surface area contributed by atoms with Gasteiger partial charge in [-0.2, -0.15) is 0 Å². The van der Waals surface area contributed by atoms with E-state index in [1.54, 1.807) is 0 Å². The molecule has 128 valence electrons. The average molecular weight is 338 g/mol. The highest BCUT2D eigenvalue weighted by Gasteiger charge is 2.32. The van der Waals surface area contributed by atoms with E-state index >= 15 is 0 Å². The summed E-state index contributed by atoms with van der Waals surface area (Å²) in [6.45, 7) is 7.61. The first-order valence-electron chi connectivity index (χ1n) is 8.62. The summed E-state index contributed by atoms with van der Waals surface area (Å²) >= 11 is 0. The Bertz CT molecular complexity index is 550. The van der Waals surface area contributed by atoms with Gasteiger partial charge in [0.2, 0.25) is 0 Å². The van der Waals surface area contributed by atoms with Crippen molar-refractivity contribution < 1.29 is 9.53 Å². The van der Waals surface area contributed by atoms with Crippen molar-refractivity contribution in [1.82, 2.24) is 4.90 Å². The van der Waals surface area contributed by atoms with Crippen LogP contribution in [0.15, 0.2) is 18.2 Å². The number of piperidine rings is 1. The van der Waals surface area contributed by atoms with E-state index in [9.17, 15) is 4.79 Å². The van der Waals surface area contributed by atoms with Gasteiger partial charge in [0.15, 0.2) is 5.78 Å². The van der Waals surface area contributed by atoms with Crippen molar-refractivity contribution in [2.45, 2.75) is 58.0 Å². The molecular formula is C19H28ClNO2. The minimum atomic E-state index is -0.188. The molecule has 1 aromatic rings. The predicted octanol–water partition coefficient (Wildman–Crippen LogP) is 4.27. The highest BCUT2D eigenvalue weighted by atomic mass is 35.5. The fourth-order valence-corrected chi connectivity index (χ4v) is 3.62. The van der Waals surface area contributed by atoms with E-state index in [0.717, 1.165) is 30.7 Å². The summed E-state index contributed by atoms with van der Waals surface area (Å²) in [5.41, 5.74) is 1.76. The third-order valence-electron chi connectivity index (χ3n) is 4.72. The molecule has 1 fully saturated rings. The first-order chi connectivity index (χ1) is 10.6. The van der Waals surface area contributed by atoms with Gasteiger partial charge in [0.05, 0.1) is 5.56 Å². The van der Waals surface area contributed by atoms with Crippen LogP contribution in [0.4, 0.5) is 0 Å². The van der Waals surface area contributed by atoms with Gasteiger partial charge < -0.3 is 9.64 Å². The van der Waals surface area contributed by atoms with Crippen LogP contribution in [0.2, 0.25) is 0 Å². The molecule has 3 nitrogen and oxygen atoms in total. The monoisotopic (exact) mass is 337 g/mol. The second-order valence-electron chi connectivity index (χ2n) is 7.26. The van der Waals surface area contributed by atoms with E-state index in [-0.39, 0.29) is 23.8 Å². The minimum Gasteiger partial charge on any atom is -0.486 e.